The summed E-state index contributed by atoms with van der Waals surface area (Å²) in [5.74, 6) is 0.468. The van der Waals surface area contributed by atoms with Gasteiger partial charge in [-0.1, -0.05) is 44.3 Å². The summed E-state index contributed by atoms with van der Waals surface area (Å²) in [7, 11) is -2.03. The van der Waals surface area contributed by atoms with Gasteiger partial charge in [-0.2, -0.15) is 0 Å². The zero-order valence-electron chi connectivity index (χ0n) is 24.0. The average Bonchev–Trinajstić information content (AvgIpc) is 3.29. The van der Waals surface area contributed by atoms with Crippen molar-refractivity contribution in [2.24, 2.45) is 5.92 Å². The van der Waals surface area contributed by atoms with Crippen molar-refractivity contribution in [3.63, 3.8) is 0 Å². The molecule has 1 saturated carbocycles. The maximum atomic E-state index is 12.7. The predicted molar refractivity (Wildman–Crippen MR) is 162 cm³/mol. The van der Waals surface area contributed by atoms with Gasteiger partial charge in [0.1, 0.15) is 6.23 Å². The molecule has 1 aromatic heterocycles. The Kier molecular flexibility index (Phi) is 8.58. The van der Waals surface area contributed by atoms with Crippen LogP contribution in [0, 0.1) is 12.8 Å². The van der Waals surface area contributed by atoms with Gasteiger partial charge in [0.25, 0.3) is 5.56 Å². The molecule has 0 spiro atoms. The molecule has 2 saturated heterocycles. The molecule has 214 valence electrons. The topological polar surface area (TPSA) is 94.6 Å². The number of hydrogen-bond acceptors (Lipinski definition) is 7. The summed E-state index contributed by atoms with van der Waals surface area (Å²) in [6.07, 6.45) is 4.45. The van der Waals surface area contributed by atoms with Crippen LogP contribution in [0.15, 0.2) is 27.9 Å². The van der Waals surface area contributed by atoms with E-state index in [0.717, 1.165) is 19.3 Å². The lowest BCUT2D eigenvalue weighted by Gasteiger charge is -2.37. The van der Waals surface area contributed by atoms with Gasteiger partial charge in [-0.15, -0.1) is 0 Å². The van der Waals surface area contributed by atoms with Crippen LogP contribution in [0.5, 0.6) is 0 Å². The van der Waals surface area contributed by atoms with Crippen LogP contribution in [0.3, 0.4) is 0 Å². The molecule has 3 fully saturated rings. The Morgan fingerprint density at radius 2 is 2.08 bits per heavy atom. The number of aryl methyl sites for hydroxylation is 1. The fraction of sp³-hybridized carbons (Fsp3) is 0.769. The molecule has 3 heterocycles. The van der Waals surface area contributed by atoms with Gasteiger partial charge >= 0.3 is 5.69 Å². The van der Waals surface area contributed by atoms with E-state index in [1.807, 2.05) is 0 Å². The lowest BCUT2D eigenvalue weighted by atomic mass is 9.77. The maximum absolute atomic E-state index is 12.7. The molecular formula is C26H44N3O5PS2Si. The molecule has 7 atom stereocenters. The molecule has 3 aliphatic rings. The van der Waals surface area contributed by atoms with E-state index in [1.165, 1.54) is 10.1 Å². The Morgan fingerprint density at radius 1 is 1.39 bits per heavy atom. The summed E-state index contributed by atoms with van der Waals surface area (Å²) < 4.78 is 21.2. The summed E-state index contributed by atoms with van der Waals surface area (Å²) in [5, 5.41) is 3.77. The lowest BCUT2D eigenvalue weighted by molar-refractivity contribution is -0.0256. The Morgan fingerprint density at radius 3 is 2.71 bits per heavy atom. The minimum atomic E-state index is -2.43. The van der Waals surface area contributed by atoms with E-state index in [9.17, 15) is 9.59 Å². The number of rotatable bonds is 7. The fourth-order valence-electron chi connectivity index (χ4n) is 5.18. The molecule has 8 nitrogen and oxygen atoms in total. The summed E-state index contributed by atoms with van der Waals surface area (Å²) in [5.41, 5.74) is -1.61. The van der Waals surface area contributed by atoms with Gasteiger partial charge in [0.2, 0.25) is 0 Å². The molecular weight excluding hydrogens is 557 g/mol. The minimum absolute atomic E-state index is 0.0204. The number of hydrogen-bond donors (Lipinski definition) is 2. The zero-order valence-corrected chi connectivity index (χ0v) is 27.5. The molecule has 2 N–H and O–H groups in total. The van der Waals surface area contributed by atoms with E-state index in [4.69, 9.17) is 25.5 Å². The van der Waals surface area contributed by atoms with Crippen LogP contribution in [0.25, 0.3) is 0 Å². The first kappa shape index (κ1) is 30.4. The summed E-state index contributed by atoms with van der Waals surface area (Å²) >= 11 is 7.99. The second kappa shape index (κ2) is 10.7. The summed E-state index contributed by atoms with van der Waals surface area (Å²) in [6, 6.07) is -0.150. The normalized spacial score (nSPS) is 35.8. The molecule has 4 rings (SSSR count). The predicted octanol–water partition coefficient (Wildman–Crippen LogP) is 5.60. The third-order valence-electron chi connectivity index (χ3n) is 8.89. The second-order valence-corrected chi connectivity index (χ2v) is 24.7. The maximum Gasteiger partial charge on any atom is 0.330 e. The number of aromatic amines is 1. The van der Waals surface area contributed by atoms with Gasteiger partial charge in [0, 0.05) is 29.0 Å². The highest BCUT2D eigenvalue weighted by atomic mass is 32.9. The Labute approximate surface area is 236 Å². The molecule has 12 heteroatoms. The molecule has 1 aromatic rings. The van der Waals surface area contributed by atoms with Gasteiger partial charge in [0.15, 0.2) is 13.9 Å². The zero-order chi connectivity index (χ0) is 28.3. The minimum Gasteiger partial charge on any atom is -0.414 e. The highest BCUT2D eigenvalue weighted by Gasteiger charge is 2.54. The Bertz CT molecular complexity index is 1240. The number of H-pyrrole nitrogens is 1. The van der Waals surface area contributed by atoms with Crippen LogP contribution in [0.4, 0.5) is 0 Å². The van der Waals surface area contributed by atoms with Crippen molar-refractivity contribution in [2.45, 2.75) is 115 Å². The molecule has 0 amide bonds. The van der Waals surface area contributed by atoms with Crippen LogP contribution in [-0.4, -0.2) is 47.5 Å². The molecule has 2 aliphatic heterocycles. The quantitative estimate of drug-likeness (QED) is 0.237. The van der Waals surface area contributed by atoms with Gasteiger partial charge in [-0.05, 0) is 75.9 Å². The average molecular weight is 602 g/mol. The highest BCUT2D eigenvalue weighted by Crippen LogP contribution is 2.73. The Balaban J connectivity index is 1.57. The fourth-order valence-corrected chi connectivity index (χ4v) is 14.3. The standard InChI is InChI=1S/C26H44N3O5PS2Si/c1-16(2)18-10-11-26(7)21(12-18)34-35(36,37-26)28-19-13-22(29-14-17(3)23(30)27-24(29)31)33-20(19)15-32-38(8,9)25(4,5)6/h14,18-22H,1,10-13,15H2,2-9H3,(H,28,36)(H,27,30,31)/t18-,19-,20+,21+,22+,26+,35?/m0/s1. The van der Waals surface area contributed by atoms with Crippen LogP contribution < -0.4 is 16.3 Å². The van der Waals surface area contributed by atoms with Crippen molar-refractivity contribution in [1.82, 2.24) is 14.6 Å². The molecule has 0 bridgehead atoms. The van der Waals surface area contributed by atoms with E-state index in [2.05, 4.69) is 64.4 Å². The van der Waals surface area contributed by atoms with Gasteiger partial charge in [0.05, 0.1) is 18.8 Å². The number of allylic oxidation sites excluding steroid dienone is 1. The van der Waals surface area contributed by atoms with Crippen LogP contribution >= 0.6 is 17.0 Å². The Hall–Kier alpha value is -0.523. The molecule has 1 unspecified atom stereocenters. The van der Waals surface area contributed by atoms with Crippen molar-refractivity contribution in [2.75, 3.05) is 6.61 Å². The van der Waals surface area contributed by atoms with Crippen molar-refractivity contribution in [3.05, 3.63) is 44.8 Å². The van der Waals surface area contributed by atoms with E-state index < -0.39 is 25.9 Å². The van der Waals surface area contributed by atoms with Crippen LogP contribution in [0.1, 0.15) is 72.1 Å². The number of nitrogens with zero attached hydrogens (tertiary/aromatic N) is 1. The van der Waals surface area contributed by atoms with Gasteiger partial charge < -0.3 is 13.7 Å². The van der Waals surface area contributed by atoms with Crippen molar-refractivity contribution in [1.29, 1.82) is 0 Å². The van der Waals surface area contributed by atoms with E-state index in [1.54, 1.807) is 24.5 Å². The van der Waals surface area contributed by atoms with Crippen molar-refractivity contribution < 1.29 is 13.7 Å². The molecule has 1 aliphatic carbocycles. The number of nitrogens with one attached hydrogen (secondary N) is 2. The first-order chi connectivity index (χ1) is 17.4. The smallest absolute Gasteiger partial charge is 0.330 e. The van der Waals surface area contributed by atoms with Crippen LogP contribution in [-0.2, 0) is 25.5 Å². The first-order valence-electron chi connectivity index (χ1n) is 13.5. The first-order valence-corrected chi connectivity index (χ1v) is 20.5. The number of aromatic nitrogens is 2. The second-order valence-electron chi connectivity index (χ2n) is 13.0. The molecule has 38 heavy (non-hydrogen) atoms. The molecule has 0 radical (unpaired) electrons. The SMILES string of the molecule is C=C(C)[C@H]1CC[C@@]2(C)SP(=S)(N[C@H]3C[C@H](n4cc(C)c(=O)[nH]c4=O)O[C@@H]3CO[Si](C)(C)C(C)(C)C)O[C@@H]2C1. The summed E-state index contributed by atoms with van der Waals surface area (Å²) in [4.78, 5) is 27.0. The largest absolute Gasteiger partial charge is 0.414 e. The van der Waals surface area contributed by atoms with E-state index >= 15 is 0 Å². The number of ether oxygens (including phenoxy) is 1. The highest BCUT2D eigenvalue weighted by molar-refractivity contribution is 8.69. The van der Waals surface area contributed by atoms with Gasteiger partial charge in [-0.3, -0.25) is 19.4 Å². The third kappa shape index (κ3) is 6.20. The number of fused-ring (bicyclic) bond motifs is 1. The lowest BCUT2D eigenvalue weighted by Crippen LogP contribution is -2.45. The van der Waals surface area contributed by atoms with Crippen molar-refractivity contribution >= 4 is 37.1 Å². The van der Waals surface area contributed by atoms with Crippen LogP contribution in [0.2, 0.25) is 18.1 Å². The summed E-state index contributed by atoms with van der Waals surface area (Å²) in [6.45, 7) is 21.7. The molecule has 0 aromatic carbocycles. The van der Waals surface area contributed by atoms with Gasteiger partial charge in [-0.25, -0.2) is 4.79 Å². The van der Waals surface area contributed by atoms with E-state index in [-0.39, 0.29) is 33.6 Å². The monoisotopic (exact) mass is 601 g/mol. The third-order valence-corrected chi connectivity index (χ3v) is 19.5. The van der Waals surface area contributed by atoms with E-state index in [0.29, 0.717) is 24.5 Å². The van der Waals surface area contributed by atoms with Crippen molar-refractivity contribution in [3.8, 4) is 0 Å².